The second-order valence-electron chi connectivity index (χ2n) is 5.82. The second-order valence-corrected chi connectivity index (χ2v) is 6.23. The minimum absolute atomic E-state index is 0.522. The lowest BCUT2D eigenvalue weighted by atomic mass is 9.79. The van der Waals surface area contributed by atoms with E-state index in [9.17, 15) is 0 Å². The lowest BCUT2D eigenvalue weighted by molar-refractivity contribution is 0.264. The van der Waals surface area contributed by atoms with Gasteiger partial charge >= 0.3 is 0 Å². The molecule has 1 aliphatic rings. The minimum atomic E-state index is 0.522. The molecule has 1 aromatic rings. The molecule has 0 amide bonds. The molecule has 2 nitrogen and oxygen atoms in total. The molecule has 3 heteroatoms. The molecule has 1 saturated carbocycles. The molecule has 102 valence electrons. The van der Waals surface area contributed by atoms with Gasteiger partial charge in [-0.15, -0.1) is 0 Å². The van der Waals surface area contributed by atoms with Crippen LogP contribution in [0, 0.1) is 23.2 Å². The molecular formula is C16H21ClN2. The highest BCUT2D eigenvalue weighted by molar-refractivity contribution is 6.31. The van der Waals surface area contributed by atoms with Crippen molar-refractivity contribution in [2.45, 2.75) is 45.6 Å². The first-order chi connectivity index (χ1) is 9.10. The third kappa shape index (κ3) is 3.64. The fourth-order valence-electron chi connectivity index (χ4n) is 2.90. The zero-order chi connectivity index (χ0) is 13.8. The zero-order valence-electron chi connectivity index (χ0n) is 11.6. The number of halogens is 1. The predicted molar refractivity (Wildman–Crippen MR) is 80.4 cm³/mol. The van der Waals surface area contributed by atoms with Crippen LogP contribution >= 0.6 is 11.6 Å². The first-order valence-electron chi connectivity index (χ1n) is 7.06. The lowest BCUT2D eigenvalue weighted by Crippen LogP contribution is -2.29. The summed E-state index contributed by atoms with van der Waals surface area (Å²) in [5, 5.41) is 13.1. The zero-order valence-corrected chi connectivity index (χ0v) is 12.4. The van der Waals surface area contributed by atoms with Crippen LogP contribution in [0.3, 0.4) is 0 Å². The molecule has 2 unspecified atom stereocenters. The Balaban J connectivity index is 2.03. The maximum absolute atomic E-state index is 9.00. The highest BCUT2D eigenvalue weighted by Crippen LogP contribution is 2.32. The van der Waals surface area contributed by atoms with Gasteiger partial charge in [-0.3, -0.25) is 0 Å². The van der Waals surface area contributed by atoms with Crippen LogP contribution in [0.4, 0.5) is 5.69 Å². The summed E-state index contributed by atoms with van der Waals surface area (Å²) >= 11 is 5.95. The average Bonchev–Trinajstić information content (AvgIpc) is 2.41. The normalized spacial score (nSPS) is 23.1. The van der Waals surface area contributed by atoms with E-state index in [4.69, 9.17) is 16.9 Å². The molecule has 19 heavy (non-hydrogen) atoms. The highest BCUT2D eigenvalue weighted by atomic mass is 35.5. The van der Waals surface area contributed by atoms with Crippen molar-refractivity contribution in [3.8, 4) is 6.07 Å². The molecule has 0 spiro atoms. The number of rotatable bonds is 3. The minimum Gasteiger partial charge on any atom is -0.382 e. The third-order valence-corrected chi connectivity index (χ3v) is 4.44. The fraction of sp³-hybridized carbons (Fsp3) is 0.562. The number of anilines is 1. The summed E-state index contributed by atoms with van der Waals surface area (Å²) in [6.07, 6.45) is 5.08. The van der Waals surface area contributed by atoms with Crippen LogP contribution in [0.25, 0.3) is 0 Å². The quantitative estimate of drug-likeness (QED) is 0.857. The van der Waals surface area contributed by atoms with E-state index < -0.39 is 0 Å². The Morgan fingerprint density at radius 2 is 2.16 bits per heavy atom. The topological polar surface area (TPSA) is 35.8 Å². The molecular weight excluding hydrogens is 256 g/mol. The number of hydrogen-bond donors (Lipinski definition) is 1. The predicted octanol–water partition coefficient (Wildman–Crippen LogP) is 4.84. The molecule has 0 saturated heterocycles. The van der Waals surface area contributed by atoms with Gasteiger partial charge in [0.05, 0.1) is 10.6 Å². The van der Waals surface area contributed by atoms with Gasteiger partial charge in [0.1, 0.15) is 6.07 Å². The van der Waals surface area contributed by atoms with Gasteiger partial charge in [0.15, 0.2) is 0 Å². The SMILES string of the molecule is CC(C)C1CCCC(Nc2ccc(Cl)c(C#N)c2)C1. The molecule has 2 rings (SSSR count). The van der Waals surface area contributed by atoms with Crippen molar-refractivity contribution in [1.82, 2.24) is 0 Å². The average molecular weight is 277 g/mol. The molecule has 0 aromatic heterocycles. The van der Waals surface area contributed by atoms with Gasteiger partial charge in [-0.05, 0) is 42.9 Å². The van der Waals surface area contributed by atoms with Crippen LogP contribution in [0.5, 0.6) is 0 Å². The van der Waals surface area contributed by atoms with E-state index in [0.29, 0.717) is 16.6 Å². The van der Waals surface area contributed by atoms with E-state index in [0.717, 1.165) is 17.5 Å². The van der Waals surface area contributed by atoms with Crippen molar-refractivity contribution in [2.24, 2.45) is 11.8 Å². The van der Waals surface area contributed by atoms with Gasteiger partial charge in [0, 0.05) is 11.7 Å². The van der Waals surface area contributed by atoms with Crippen molar-refractivity contribution in [2.75, 3.05) is 5.32 Å². The molecule has 1 aromatic carbocycles. The Bertz CT molecular complexity index is 476. The molecule has 1 N–H and O–H groups in total. The Morgan fingerprint density at radius 3 is 2.84 bits per heavy atom. The summed E-state index contributed by atoms with van der Waals surface area (Å²) in [7, 11) is 0. The summed E-state index contributed by atoms with van der Waals surface area (Å²) < 4.78 is 0. The number of benzene rings is 1. The van der Waals surface area contributed by atoms with Crippen LogP contribution in [-0.4, -0.2) is 6.04 Å². The van der Waals surface area contributed by atoms with Crippen LogP contribution < -0.4 is 5.32 Å². The number of nitrogens with one attached hydrogen (secondary N) is 1. The second kappa shape index (κ2) is 6.30. The van der Waals surface area contributed by atoms with Gasteiger partial charge in [0.25, 0.3) is 0 Å². The standard InChI is InChI=1S/C16H21ClN2/c1-11(2)12-4-3-5-14(8-12)19-15-6-7-16(17)13(9-15)10-18/h6-7,9,11-12,14,19H,3-5,8H2,1-2H3. The van der Waals surface area contributed by atoms with Gasteiger partial charge in [-0.1, -0.05) is 38.3 Å². The fourth-order valence-corrected chi connectivity index (χ4v) is 3.06. The lowest BCUT2D eigenvalue weighted by Gasteiger charge is -2.32. The number of hydrogen-bond acceptors (Lipinski definition) is 2. The van der Waals surface area contributed by atoms with E-state index >= 15 is 0 Å². The molecule has 0 bridgehead atoms. The highest BCUT2D eigenvalue weighted by Gasteiger charge is 2.24. The van der Waals surface area contributed by atoms with Gasteiger partial charge < -0.3 is 5.32 Å². The smallest absolute Gasteiger partial charge is 0.101 e. The summed E-state index contributed by atoms with van der Waals surface area (Å²) in [4.78, 5) is 0. The molecule has 0 heterocycles. The Kier molecular flexibility index (Phi) is 4.71. The van der Waals surface area contributed by atoms with Gasteiger partial charge in [-0.2, -0.15) is 5.26 Å². The van der Waals surface area contributed by atoms with Crippen molar-refractivity contribution in [3.63, 3.8) is 0 Å². The van der Waals surface area contributed by atoms with Crippen molar-refractivity contribution in [1.29, 1.82) is 5.26 Å². The molecule has 0 aliphatic heterocycles. The Hall–Kier alpha value is -1.20. The van der Waals surface area contributed by atoms with Crippen molar-refractivity contribution < 1.29 is 0 Å². The van der Waals surface area contributed by atoms with E-state index in [-0.39, 0.29) is 0 Å². The molecule has 0 radical (unpaired) electrons. The first kappa shape index (κ1) is 14.2. The maximum atomic E-state index is 9.00. The van der Waals surface area contributed by atoms with E-state index in [1.54, 1.807) is 6.07 Å². The van der Waals surface area contributed by atoms with Crippen molar-refractivity contribution in [3.05, 3.63) is 28.8 Å². The first-order valence-corrected chi connectivity index (χ1v) is 7.44. The van der Waals surface area contributed by atoms with Crippen LogP contribution in [0.2, 0.25) is 5.02 Å². The van der Waals surface area contributed by atoms with Crippen LogP contribution in [-0.2, 0) is 0 Å². The summed E-state index contributed by atoms with van der Waals surface area (Å²) in [5.74, 6) is 1.57. The van der Waals surface area contributed by atoms with Gasteiger partial charge in [0.2, 0.25) is 0 Å². The summed E-state index contributed by atoms with van der Waals surface area (Å²) in [5.41, 5.74) is 1.55. The largest absolute Gasteiger partial charge is 0.382 e. The van der Waals surface area contributed by atoms with E-state index in [2.05, 4.69) is 25.2 Å². The number of nitrogens with zero attached hydrogens (tertiary/aromatic N) is 1. The van der Waals surface area contributed by atoms with Crippen LogP contribution in [0.15, 0.2) is 18.2 Å². The Morgan fingerprint density at radius 1 is 1.37 bits per heavy atom. The molecule has 1 aliphatic carbocycles. The molecule has 2 atom stereocenters. The van der Waals surface area contributed by atoms with E-state index in [1.165, 1.54) is 25.7 Å². The summed E-state index contributed by atoms with van der Waals surface area (Å²) in [6.45, 7) is 4.62. The van der Waals surface area contributed by atoms with E-state index in [1.807, 2.05) is 12.1 Å². The monoisotopic (exact) mass is 276 g/mol. The Labute approximate surface area is 120 Å². The summed E-state index contributed by atoms with van der Waals surface area (Å²) in [6, 6.07) is 8.26. The number of nitriles is 1. The van der Waals surface area contributed by atoms with Crippen LogP contribution in [0.1, 0.15) is 45.1 Å². The third-order valence-electron chi connectivity index (χ3n) is 4.12. The molecule has 1 fully saturated rings. The maximum Gasteiger partial charge on any atom is 0.101 e. The van der Waals surface area contributed by atoms with Crippen molar-refractivity contribution >= 4 is 17.3 Å². The van der Waals surface area contributed by atoms with Gasteiger partial charge in [-0.25, -0.2) is 0 Å².